The molecule has 2 aromatic heterocycles. The van der Waals surface area contributed by atoms with Crippen molar-refractivity contribution in [2.45, 2.75) is 56.7 Å². The van der Waals surface area contributed by atoms with Crippen molar-refractivity contribution in [2.24, 2.45) is 5.73 Å². The van der Waals surface area contributed by atoms with Crippen molar-refractivity contribution in [1.82, 2.24) is 29.9 Å². The first kappa shape index (κ1) is 31.2. The molecule has 2 unspecified atom stereocenters. The van der Waals surface area contributed by atoms with E-state index in [1.165, 1.54) is 0 Å². The Hall–Kier alpha value is -5.43. The summed E-state index contributed by atoms with van der Waals surface area (Å²) >= 11 is 0. The average molecular weight is 649 g/mol. The van der Waals surface area contributed by atoms with Gasteiger partial charge < -0.3 is 11.1 Å². The number of hydrogen-bond acceptors (Lipinski definition) is 9. The topological polar surface area (TPSA) is 173 Å². The molecule has 246 valence electrons. The first-order valence-corrected chi connectivity index (χ1v) is 16.3. The van der Waals surface area contributed by atoms with Gasteiger partial charge in [-0.15, -0.1) is 0 Å². The monoisotopic (exact) mass is 648 g/mol. The fourth-order valence-electron chi connectivity index (χ4n) is 6.97. The van der Waals surface area contributed by atoms with Crippen molar-refractivity contribution in [2.75, 3.05) is 25.0 Å². The maximum absolute atomic E-state index is 13.1. The lowest BCUT2D eigenvalue weighted by atomic mass is 10.0. The number of carbonyl (C=O) groups excluding carboxylic acids is 5. The number of aromatic nitrogens is 3. The number of nitrogens with two attached hydrogens (primary N) is 1. The van der Waals surface area contributed by atoms with E-state index in [0.717, 1.165) is 53.0 Å². The molecule has 0 radical (unpaired) electrons. The Morgan fingerprint density at radius 1 is 0.979 bits per heavy atom. The van der Waals surface area contributed by atoms with Gasteiger partial charge in [0.05, 0.1) is 40.6 Å². The lowest BCUT2D eigenvalue weighted by Crippen LogP contribution is -2.54. The summed E-state index contributed by atoms with van der Waals surface area (Å²) in [6.07, 6.45) is 6.97. The summed E-state index contributed by atoms with van der Waals surface area (Å²) in [6.45, 7) is 1.97. The smallest absolute Gasteiger partial charge is 0.262 e. The van der Waals surface area contributed by atoms with E-state index in [-0.39, 0.29) is 35.9 Å². The van der Waals surface area contributed by atoms with Crippen LogP contribution in [-0.4, -0.2) is 85.8 Å². The lowest BCUT2D eigenvalue weighted by Gasteiger charge is -2.36. The maximum Gasteiger partial charge on any atom is 0.262 e. The summed E-state index contributed by atoms with van der Waals surface area (Å²) in [7, 11) is 0. The van der Waals surface area contributed by atoms with Crippen LogP contribution in [0.2, 0.25) is 0 Å². The van der Waals surface area contributed by atoms with Gasteiger partial charge in [-0.05, 0) is 62.4 Å². The van der Waals surface area contributed by atoms with Gasteiger partial charge in [-0.25, -0.2) is 4.98 Å². The number of piperidine rings is 2. The molecule has 2 fully saturated rings. The molecule has 5 heterocycles. The van der Waals surface area contributed by atoms with Crippen molar-refractivity contribution in [1.29, 1.82) is 0 Å². The van der Waals surface area contributed by atoms with Crippen molar-refractivity contribution < 1.29 is 24.0 Å². The van der Waals surface area contributed by atoms with Crippen molar-refractivity contribution in [3.8, 4) is 11.3 Å². The molecule has 4 N–H and O–H groups in total. The fourth-order valence-corrected chi connectivity index (χ4v) is 6.97. The van der Waals surface area contributed by atoms with Gasteiger partial charge in [0, 0.05) is 48.9 Å². The SMILES string of the molecule is NC(=O)C(CCCNc1ccc2c(c1)C(=O)N(C1CCC(=O)NC1=O)C2=O)N1CCC(n2cc(-c3ccc4ccccc4n3)cn2)CC1. The first-order valence-electron chi connectivity index (χ1n) is 16.3. The average Bonchev–Trinajstić information content (AvgIpc) is 3.68. The molecular formula is C35H36N8O5. The molecule has 13 heteroatoms. The van der Waals surface area contributed by atoms with Gasteiger partial charge in [0.2, 0.25) is 17.7 Å². The fraction of sp³-hybridized carbons (Fsp3) is 0.343. The van der Waals surface area contributed by atoms with E-state index in [1.807, 2.05) is 47.4 Å². The molecule has 0 bridgehead atoms. The number of likely N-dealkylation sites (tertiary alicyclic amines) is 1. The minimum absolute atomic E-state index is 0.0662. The Kier molecular flexibility index (Phi) is 8.44. The van der Waals surface area contributed by atoms with Crippen LogP contribution in [0.15, 0.2) is 67.0 Å². The second-order valence-electron chi connectivity index (χ2n) is 12.6. The van der Waals surface area contributed by atoms with Gasteiger partial charge in [-0.3, -0.25) is 43.8 Å². The van der Waals surface area contributed by atoms with Crippen LogP contribution in [0.1, 0.15) is 65.3 Å². The van der Waals surface area contributed by atoms with E-state index in [9.17, 15) is 24.0 Å². The third-order valence-corrected chi connectivity index (χ3v) is 9.56. The van der Waals surface area contributed by atoms with Crippen LogP contribution in [-0.2, 0) is 14.4 Å². The number of nitrogens with one attached hydrogen (secondary N) is 2. The highest BCUT2D eigenvalue weighted by atomic mass is 16.2. The molecule has 2 aromatic carbocycles. The summed E-state index contributed by atoms with van der Waals surface area (Å²) in [6, 6.07) is 15.8. The summed E-state index contributed by atoms with van der Waals surface area (Å²) in [4.78, 5) is 70.3. The van der Waals surface area contributed by atoms with Crippen LogP contribution in [0, 0.1) is 0 Å². The summed E-state index contributed by atoms with van der Waals surface area (Å²) in [5, 5.41) is 11.2. The second kappa shape index (κ2) is 13.0. The first-order chi connectivity index (χ1) is 23.3. The van der Waals surface area contributed by atoms with Gasteiger partial charge in [0.25, 0.3) is 11.8 Å². The van der Waals surface area contributed by atoms with Crippen LogP contribution in [0.3, 0.4) is 0 Å². The number of benzene rings is 2. The molecule has 3 aliphatic heterocycles. The summed E-state index contributed by atoms with van der Waals surface area (Å²) in [5.74, 6) is -2.51. The van der Waals surface area contributed by atoms with Gasteiger partial charge >= 0.3 is 0 Å². The molecule has 5 amide bonds. The van der Waals surface area contributed by atoms with Gasteiger partial charge in [-0.1, -0.05) is 24.3 Å². The zero-order valence-corrected chi connectivity index (χ0v) is 26.3. The Morgan fingerprint density at radius 3 is 2.56 bits per heavy atom. The van der Waals surface area contributed by atoms with E-state index in [1.54, 1.807) is 18.2 Å². The van der Waals surface area contributed by atoms with E-state index < -0.39 is 35.7 Å². The van der Waals surface area contributed by atoms with Crippen molar-refractivity contribution in [3.05, 3.63) is 78.1 Å². The largest absolute Gasteiger partial charge is 0.385 e. The molecule has 2 atom stereocenters. The number of fused-ring (bicyclic) bond motifs is 2. The highest BCUT2D eigenvalue weighted by Gasteiger charge is 2.44. The Balaban J connectivity index is 0.909. The lowest BCUT2D eigenvalue weighted by molar-refractivity contribution is -0.136. The number of carbonyl (C=O) groups is 5. The van der Waals surface area contributed by atoms with Gasteiger partial charge in [0.15, 0.2) is 0 Å². The Bertz CT molecular complexity index is 1930. The molecule has 0 saturated carbocycles. The van der Waals surface area contributed by atoms with Crippen LogP contribution >= 0.6 is 0 Å². The predicted molar refractivity (Wildman–Crippen MR) is 177 cm³/mol. The number of imide groups is 2. The Morgan fingerprint density at radius 2 is 1.77 bits per heavy atom. The van der Waals surface area contributed by atoms with Crippen LogP contribution in [0.5, 0.6) is 0 Å². The minimum atomic E-state index is -1.01. The normalized spacial score (nSPS) is 19.4. The number of anilines is 1. The predicted octanol–water partition coefficient (Wildman–Crippen LogP) is 2.88. The quantitative estimate of drug-likeness (QED) is 0.173. The maximum atomic E-state index is 13.1. The van der Waals surface area contributed by atoms with E-state index in [0.29, 0.717) is 25.1 Å². The number of primary amides is 1. The second-order valence-corrected chi connectivity index (χ2v) is 12.6. The van der Waals surface area contributed by atoms with E-state index >= 15 is 0 Å². The van der Waals surface area contributed by atoms with Crippen molar-refractivity contribution in [3.63, 3.8) is 0 Å². The Labute approximate surface area is 276 Å². The molecule has 0 spiro atoms. The summed E-state index contributed by atoms with van der Waals surface area (Å²) in [5.41, 5.74) is 9.73. The molecule has 7 rings (SSSR count). The number of para-hydroxylation sites is 1. The van der Waals surface area contributed by atoms with Crippen LogP contribution in [0.25, 0.3) is 22.2 Å². The number of pyridine rings is 1. The highest BCUT2D eigenvalue weighted by Crippen LogP contribution is 2.30. The van der Waals surface area contributed by atoms with Gasteiger partial charge in [0.1, 0.15) is 6.04 Å². The molecule has 48 heavy (non-hydrogen) atoms. The van der Waals surface area contributed by atoms with E-state index in [4.69, 9.17) is 10.7 Å². The third kappa shape index (κ3) is 6.04. The molecular weight excluding hydrogens is 612 g/mol. The molecule has 0 aliphatic carbocycles. The molecule has 2 saturated heterocycles. The number of rotatable bonds is 10. The van der Waals surface area contributed by atoms with Gasteiger partial charge in [-0.2, -0.15) is 5.10 Å². The number of nitrogens with zero attached hydrogens (tertiary/aromatic N) is 5. The third-order valence-electron chi connectivity index (χ3n) is 9.56. The summed E-state index contributed by atoms with van der Waals surface area (Å²) < 4.78 is 2.01. The minimum Gasteiger partial charge on any atom is -0.385 e. The number of amides is 5. The standard InChI is InChI=1S/C35H36N8O5/c36-32(45)29(41-16-13-24(14-17-41)42-20-22(19-38-42)28-10-7-21-4-1-2-5-27(21)39-28)6-3-15-37-23-8-9-25-26(18-23)35(48)43(34(25)47)30-11-12-31(44)40-33(30)46/h1-2,4-5,7-10,18-20,24,29-30,37H,3,6,11-17H2,(H2,36,45)(H,40,44,46). The zero-order chi connectivity index (χ0) is 33.4. The van der Waals surface area contributed by atoms with Crippen LogP contribution < -0.4 is 16.4 Å². The molecule has 3 aliphatic rings. The van der Waals surface area contributed by atoms with Crippen molar-refractivity contribution >= 4 is 46.1 Å². The zero-order valence-electron chi connectivity index (χ0n) is 26.3. The van der Waals surface area contributed by atoms with Crippen LogP contribution in [0.4, 0.5) is 5.69 Å². The molecule has 4 aromatic rings. The number of hydrogen-bond donors (Lipinski definition) is 3. The van der Waals surface area contributed by atoms with E-state index in [2.05, 4.69) is 26.7 Å². The highest BCUT2D eigenvalue weighted by molar-refractivity contribution is 6.23. The molecule has 13 nitrogen and oxygen atoms in total.